The molecule has 0 saturated carbocycles. The van der Waals surface area contributed by atoms with Crippen LogP contribution in [0.5, 0.6) is 0 Å². The van der Waals surface area contributed by atoms with Crippen LogP contribution in [0, 0.1) is 0 Å². The number of fused-ring (bicyclic) bond motifs is 1. The van der Waals surface area contributed by atoms with E-state index in [-0.39, 0.29) is 10.8 Å². The highest BCUT2D eigenvalue weighted by Gasteiger charge is 2.29. The van der Waals surface area contributed by atoms with Crippen LogP contribution in [0.15, 0.2) is 17.1 Å². The van der Waals surface area contributed by atoms with Crippen molar-refractivity contribution < 1.29 is 0 Å². The molecule has 2 nitrogen and oxygen atoms in total. The fourth-order valence-corrected chi connectivity index (χ4v) is 2.68. The second-order valence-electron chi connectivity index (χ2n) is 7.13. The van der Waals surface area contributed by atoms with Crippen LogP contribution in [-0.2, 0) is 17.4 Å². The minimum Gasteiger partial charge on any atom is -0.346 e. The number of benzene rings is 1. The molecular formula is C16H24N2. The van der Waals surface area contributed by atoms with Crippen molar-refractivity contribution in [2.24, 2.45) is 4.99 Å². The van der Waals surface area contributed by atoms with Gasteiger partial charge in [-0.15, -0.1) is 0 Å². The van der Waals surface area contributed by atoms with E-state index in [0.29, 0.717) is 0 Å². The zero-order chi connectivity index (χ0) is 13.6. The molecule has 0 radical (unpaired) electrons. The monoisotopic (exact) mass is 244 g/mol. The summed E-state index contributed by atoms with van der Waals surface area (Å²) in [5.41, 5.74) is 5.77. The highest BCUT2D eigenvalue weighted by molar-refractivity contribution is 5.81. The molecule has 18 heavy (non-hydrogen) atoms. The summed E-state index contributed by atoms with van der Waals surface area (Å²) in [5.74, 6) is 0. The summed E-state index contributed by atoms with van der Waals surface area (Å²) >= 11 is 0. The summed E-state index contributed by atoms with van der Waals surface area (Å²) in [6.45, 7) is 14.5. The maximum Gasteiger partial charge on any atom is 0.0872 e. The van der Waals surface area contributed by atoms with Crippen molar-refractivity contribution in [3.8, 4) is 0 Å². The molecule has 0 atom stereocenters. The lowest BCUT2D eigenvalue weighted by molar-refractivity contribution is 0.525. The van der Waals surface area contributed by atoms with E-state index in [1.165, 1.54) is 22.4 Å². The van der Waals surface area contributed by atoms with Gasteiger partial charge >= 0.3 is 0 Å². The minimum absolute atomic E-state index is 0.141. The lowest BCUT2D eigenvalue weighted by Crippen LogP contribution is -2.25. The zero-order valence-electron chi connectivity index (χ0n) is 12.4. The molecule has 2 heteroatoms. The van der Waals surface area contributed by atoms with E-state index in [1.54, 1.807) is 6.34 Å². The Labute approximate surface area is 111 Å². The van der Waals surface area contributed by atoms with Crippen molar-refractivity contribution in [2.75, 3.05) is 5.32 Å². The number of aliphatic imine (C=N–C) groups is 1. The molecule has 1 aromatic rings. The molecule has 0 bridgehead atoms. The normalized spacial score (nSPS) is 15.2. The van der Waals surface area contributed by atoms with Gasteiger partial charge in [-0.25, -0.2) is 0 Å². The van der Waals surface area contributed by atoms with Crippen molar-refractivity contribution >= 4 is 12.0 Å². The molecular weight excluding hydrogens is 220 g/mol. The standard InChI is InChI=1S/C16H24N2/c1-15(2,3)12-7-8-13-11(9-17-10-18-13)14(12)16(4,5)6/h7-8,10H,9H2,1-6H3,(H,17,18). The van der Waals surface area contributed by atoms with Gasteiger partial charge in [-0.1, -0.05) is 47.6 Å². The highest BCUT2D eigenvalue weighted by Crippen LogP contribution is 2.39. The lowest BCUT2D eigenvalue weighted by Gasteiger charge is -2.34. The molecule has 0 fully saturated rings. The first kappa shape index (κ1) is 13.1. The summed E-state index contributed by atoms with van der Waals surface area (Å²) in [7, 11) is 0. The number of rotatable bonds is 0. The Hall–Kier alpha value is -1.31. The van der Waals surface area contributed by atoms with Crippen molar-refractivity contribution in [1.82, 2.24) is 0 Å². The predicted octanol–water partition coefficient (Wildman–Crippen LogP) is 4.24. The third-order valence-electron chi connectivity index (χ3n) is 3.43. The van der Waals surface area contributed by atoms with Crippen LogP contribution in [0.4, 0.5) is 5.69 Å². The van der Waals surface area contributed by atoms with E-state index in [0.717, 1.165) is 6.54 Å². The lowest BCUT2D eigenvalue weighted by atomic mass is 9.72. The first-order valence-corrected chi connectivity index (χ1v) is 6.63. The van der Waals surface area contributed by atoms with Crippen LogP contribution in [0.2, 0.25) is 0 Å². The van der Waals surface area contributed by atoms with Gasteiger partial charge in [0.15, 0.2) is 0 Å². The fraction of sp³-hybridized carbons (Fsp3) is 0.562. The van der Waals surface area contributed by atoms with E-state index in [4.69, 9.17) is 0 Å². The molecule has 2 rings (SSSR count). The Bertz CT molecular complexity index is 485. The number of nitrogens with zero attached hydrogens (tertiary/aromatic N) is 1. The van der Waals surface area contributed by atoms with E-state index in [9.17, 15) is 0 Å². The molecule has 1 aromatic carbocycles. The van der Waals surface area contributed by atoms with Gasteiger partial charge < -0.3 is 5.32 Å². The second kappa shape index (κ2) is 4.11. The summed E-state index contributed by atoms with van der Waals surface area (Å²) in [6.07, 6.45) is 1.80. The van der Waals surface area contributed by atoms with Crippen LogP contribution in [0.3, 0.4) is 0 Å². The molecule has 0 saturated heterocycles. The van der Waals surface area contributed by atoms with Crippen molar-refractivity contribution in [3.63, 3.8) is 0 Å². The Kier molecular flexibility index (Phi) is 3.00. The van der Waals surface area contributed by atoms with Crippen LogP contribution in [-0.4, -0.2) is 6.34 Å². The van der Waals surface area contributed by atoms with Crippen molar-refractivity contribution in [1.29, 1.82) is 0 Å². The Morgan fingerprint density at radius 2 is 1.67 bits per heavy atom. The summed E-state index contributed by atoms with van der Waals surface area (Å²) in [4.78, 5) is 4.38. The van der Waals surface area contributed by atoms with Gasteiger partial charge in [0.25, 0.3) is 0 Å². The Morgan fingerprint density at radius 3 is 2.22 bits per heavy atom. The van der Waals surface area contributed by atoms with E-state index >= 15 is 0 Å². The van der Waals surface area contributed by atoms with Gasteiger partial charge in [0, 0.05) is 11.3 Å². The fourth-order valence-electron chi connectivity index (χ4n) is 2.68. The molecule has 0 spiro atoms. The van der Waals surface area contributed by atoms with Gasteiger partial charge in [-0.3, -0.25) is 4.99 Å². The summed E-state index contributed by atoms with van der Waals surface area (Å²) < 4.78 is 0. The number of anilines is 1. The van der Waals surface area contributed by atoms with E-state index < -0.39 is 0 Å². The van der Waals surface area contributed by atoms with E-state index in [2.05, 4.69) is 64.0 Å². The highest BCUT2D eigenvalue weighted by atomic mass is 15.0. The van der Waals surface area contributed by atoms with Crippen LogP contribution >= 0.6 is 0 Å². The van der Waals surface area contributed by atoms with Crippen molar-refractivity contribution in [2.45, 2.75) is 58.9 Å². The SMILES string of the molecule is CC(C)(C)c1ccc2c(c1C(C)(C)C)CN=CN2. The molecule has 98 valence electrons. The Morgan fingerprint density at radius 1 is 1.00 bits per heavy atom. The van der Waals surface area contributed by atoms with Crippen molar-refractivity contribution in [3.05, 3.63) is 28.8 Å². The summed E-state index contributed by atoms with van der Waals surface area (Å²) in [5, 5.41) is 3.26. The number of hydrogen-bond donors (Lipinski definition) is 1. The van der Waals surface area contributed by atoms with Crippen LogP contribution < -0.4 is 5.32 Å². The smallest absolute Gasteiger partial charge is 0.0872 e. The average Bonchev–Trinajstić information content (AvgIpc) is 2.24. The van der Waals surface area contributed by atoms with Gasteiger partial charge in [-0.05, 0) is 28.0 Å². The number of nitrogens with one attached hydrogen (secondary N) is 1. The molecule has 1 aliphatic rings. The average molecular weight is 244 g/mol. The van der Waals surface area contributed by atoms with Gasteiger partial charge in [0.2, 0.25) is 0 Å². The predicted molar refractivity (Wildman–Crippen MR) is 79.7 cm³/mol. The molecule has 1 N–H and O–H groups in total. The molecule has 0 aromatic heterocycles. The maximum atomic E-state index is 4.38. The molecule has 0 unspecified atom stereocenters. The summed E-state index contributed by atoms with van der Waals surface area (Å²) in [6, 6.07) is 4.46. The zero-order valence-corrected chi connectivity index (χ0v) is 12.4. The Balaban J connectivity index is 2.71. The second-order valence-corrected chi connectivity index (χ2v) is 7.13. The third kappa shape index (κ3) is 2.29. The minimum atomic E-state index is 0.141. The maximum absolute atomic E-state index is 4.38. The first-order chi connectivity index (χ1) is 8.21. The molecule has 1 aliphatic heterocycles. The van der Waals surface area contributed by atoms with Gasteiger partial charge in [-0.2, -0.15) is 0 Å². The largest absolute Gasteiger partial charge is 0.346 e. The molecule has 0 aliphatic carbocycles. The molecule has 1 heterocycles. The van der Waals surface area contributed by atoms with E-state index in [1.807, 2.05) is 0 Å². The quantitative estimate of drug-likeness (QED) is 0.725. The molecule has 0 amide bonds. The van der Waals surface area contributed by atoms with Crippen LogP contribution in [0.1, 0.15) is 58.2 Å². The first-order valence-electron chi connectivity index (χ1n) is 6.63. The number of hydrogen-bond acceptors (Lipinski definition) is 2. The topological polar surface area (TPSA) is 24.4 Å². The van der Waals surface area contributed by atoms with Gasteiger partial charge in [0.1, 0.15) is 0 Å². The third-order valence-corrected chi connectivity index (χ3v) is 3.43. The van der Waals surface area contributed by atoms with Gasteiger partial charge in [0.05, 0.1) is 12.9 Å². The van der Waals surface area contributed by atoms with Crippen LogP contribution in [0.25, 0.3) is 0 Å².